The number of hydrogen-bond donors (Lipinski definition) is 3. The molecule has 2 rings (SSSR count). The van der Waals surface area contributed by atoms with E-state index in [0.29, 0.717) is 5.82 Å². The molecule has 0 aromatic carbocycles. The van der Waals surface area contributed by atoms with Crippen molar-refractivity contribution in [2.45, 2.75) is 44.2 Å². The maximum Gasteiger partial charge on any atom is 0.345 e. The smallest absolute Gasteiger partial charge is 0.345 e. The van der Waals surface area contributed by atoms with Gasteiger partial charge in [0.15, 0.2) is 5.82 Å². The van der Waals surface area contributed by atoms with Crippen LogP contribution in [0.1, 0.15) is 48.5 Å². The number of aliphatic hydroxyl groups excluding tert-OH is 1. The van der Waals surface area contributed by atoms with Crippen LogP contribution in [0.15, 0.2) is 0 Å². The first-order valence-corrected chi connectivity index (χ1v) is 6.92. The molecule has 0 spiro atoms. The fourth-order valence-electron chi connectivity index (χ4n) is 2.73. The molecule has 1 heterocycles. The fraction of sp³-hybridized carbons (Fsp3) is 0.692. The van der Waals surface area contributed by atoms with Crippen LogP contribution >= 0.6 is 0 Å². The zero-order valence-electron chi connectivity index (χ0n) is 11.9. The van der Waals surface area contributed by atoms with Crippen molar-refractivity contribution in [2.75, 3.05) is 25.2 Å². The molecule has 1 aliphatic rings. The van der Waals surface area contributed by atoms with E-state index in [-0.39, 0.29) is 17.4 Å². The van der Waals surface area contributed by atoms with Crippen molar-refractivity contribution < 1.29 is 14.6 Å². The summed E-state index contributed by atoms with van der Waals surface area (Å²) in [6.07, 6.45) is 4.15. The van der Waals surface area contributed by atoms with Crippen molar-refractivity contribution in [3.63, 3.8) is 0 Å². The summed E-state index contributed by atoms with van der Waals surface area (Å²) in [5, 5.41) is 17.4. The Bertz CT molecular complexity index is 486. The van der Waals surface area contributed by atoms with Crippen LogP contribution in [0.5, 0.6) is 0 Å². The minimum absolute atomic E-state index is 0.192. The quantitative estimate of drug-likeness (QED) is 0.568. The third-order valence-corrected chi connectivity index (χ3v) is 3.83. The number of nitrogens with one attached hydrogen (secondary N) is 1. The molecule has 2 unspecified atom stereocenters. The number of aliphatic hydroxyl groups is 1. The Balaban J connectivity index is 2.41. The lowest BCUT2D eigenvalue weighted by molar-refractivity contribution is 0.0602. The predicted molar refractivity (Wildman–Crippen MR) is 75.7 cm³/mol. The van der Waals surface area contributed by atoms with Gasteiger partial charge in [-0.1, -0.05) is 19.3 Å². The largest absolute Gasteiger partial charge is 0.465 e. The first-order valence-electron chi connectivity index (χ1n) is 6.92. The SMILES string of the molecule is CNc1nn(C2CCCCCC2O)c(N)c1C(=O)OC. The predicted octanol–water partition coefficient (Wildman–Crippen LogP) is 1.16. The Kier molecular flexibility index (Phi) is 4.49. The average molecular weight is 282 g/mol. The first-order chi connectivity index (χ1) is 9.60. The number of nitrogen functional groups attached to an aromatic ring is 1. The van der Waals surface area contributed by atoms with Crippen LogP contribution in [0.3, 0.4) is 0 Å². The summed E-state index contributed by atoms with van der Waals surface area (Å²) in [5.74, 6) is 0.0964. The maximum absolute atomic E-state index is 11.8. The fourth-order valence-corrected chi connectivity index (χ4v) is 2.73. The van der Waals surface area contributed by atoms with Gasteiger partial charge in [0, 0.05) is 7.05 Å². The van der Waals surface area contributed by atoms with E-state index in [4.69, 9.17) is 10.5 Å². The summed E-state index contributed by atoms with van der Waals surface area (Å²) in [6, 6.07) is -0.192. The Morgan fingerprint density at radius 3 is 2.80 bits per heavy atom. The molecular formula is C13H22N4O3. The van der Waals surface area contributed by atoms with Gasteiger partial charge in [0.05, 0.1) is 19.3 Å². The van der Waals surface area contributed by atoms with E-state index in [9.17, 15) is 9.90 Å². The number of nitrogens with two attached hydrogens (primary N) is 1. The molecule has 0 aliphatic heterocycles. The minimum atomic E-state index is -0.527. The number of ether oxygens (including phenoxy) is 1. The van der Waals surface area contributed by atoms with Gasteiger partial charge in [-0.3, -0.25) is 0 Å². The molecule has 7 nitrogen and oxygen atoms in total. The van der Waals surface area contributed by atoms with E-state index in [1.807, 2.05) is 0 Å². The number of methoxy groups -OCH3 is 1. The molecule has 4 N–H and O–H groups in total. The minimum Gasteiger partial charge on any atom is -0.465 e. The van der Waals surface area contributed by atoms with Crippen molar-refractivity contribution in [2.24, 2.45) is 0 Å². The van der Waals surface area contributed by atoms with Gasteiger partial charge in [-0.05, 0) is 12.8 Å². The lowest BCUT2D eigenvalue weighted by Gasteiger charge is -2.21. The van der Waals surface area contributed by atoms with Gasteiger partial charge in [0.25, 0.3) is 0 Å². The molecule has 20 heavy (non-hydrogen) atoms. The molecule has 0 bridgehead atoms. The lowest BCUT2D eigenvalue weighted by Crippen LogP contribution is -2.25. The van der Waals surface area contributed by atoms with Crippen molar-refractivity contribution in [1.82, 2.24) is 9.78 Å². The normalized spacial score (nSPS) is 23.1. The van der Waals surface area contributed by atoms with Crippen LogP contribution in [0, 0.1) is 0 Å². The van der Waals surface area contributed by atoms with E-state index in [2.05, 4.69) is 10.4 Å². The number of carbonyl (C=O) groups is 1. The van der Waals surface area contributed by atoms with Gasteiger partial charge in [-0.15, -0.1) is 0 Å². The zero-order valence-corrected chi connectivity index (χ0v) is 11.9. The Labute approximate surface area is 118 Å². The second-order valence-corrected chi connectivity index (χ2v) is 5.07. The third-order valence-electron chi connectivity index (χ3n) is 3.83. The number of aromatic nitrogens is 2. The second kappa shape index (κ2) is 6.13. The highest BCUT2D eigenvalue weighted by molar-refractivity contribution is 5.99. The van der Waals surface area contributed by atoms with E-state index in [0.717, 1.165) is 32.1 Å². The van der Waals surface area contributed by atoms with Gasteiger partial charge in [0.1, 0.15) is 11.4 Å². The number of rotatable bonds is 3. The topological polar surface area (TPSA) is 102 Å². The van der Waals surface area contributed by atoms with E-state index in [1.54, 1.807) is 11.7 Å². The van der Waals surface area contributed by atoms with Crippen LogP contribution < -0.4 is 11.1 Å². The summed E-state index contributed by atoms with van der Waals surface area (Å²) >= 11 is 0. The summed E-state index contributed by atoms with van der Waals surface area (Å²) in [5.41, 5.74) is 6.28. The molecule has 1 aromatic rings. The van der Waals surface area contributed by atoms with Crippen molar-refractivity contribution in [1.29, 1.82) is 0 Å². The summed E-state index contributed by atoms with van der Waals surface area (Å²) in [7, 11) is 2.97. The summed E-state index contributed by atoms with van der Waals surface area (Å²) in [6.45, 7) is 0. The maximum atomic E-state index is 11.8. The standard InChI is InChI=1S/C13H22N4O3/c1-15-12-10(13(19)20-2)11(14)17(16-12)8-6-4-3-5-7-9(8)18/h8-9,18H,3-7,14H2,1-2H3,(H,15,16). The number of hydrogen-bond acceptors (Lipinski definition) is 6. The highest BCUT2D eigenvalue weighted by Gasteiger charge is 2.30. The molecule has 1 aliphatic carbocycles. The number of nitrogens with zero attached hydrogens (tertiary/aromatic N) is 2. The van der Waals surface area contributed by atoms with Gasteiger partial charge in [-0.25, -0.2) is 9.48 Å². The third kappa shape index (κ3) is 2.58. The molecule has 112 valence electrons. The highest BCUT2D eigenvalue weighted by atomic mass is 16.5. The van der Waals surface area contributed by atoms with Crippen molar-refractivity contribution in [3.8, 4) is 0 Å². The Morgan fingerprint density at radius 2 is 2.15 bits per heavy atom. The average Bonchev–Trinajstić information content (AvgIpc) is 2.63. The van der Waals surface area contributed by atoms with Gasteiger partial charge in [0.2, 0.25) is 0 Å². The van der Waals surface area contributed by atoms with Crippen LogP contribution in [-0.4, -0.2) is 41.1 Å². The molecule has 1 saturated carbocycles. The van der Waals surface area contributed by atoms with Crippen LogP contribution in [0.2, 0.25) is 0 Å². The number of anilines is 2. The van der Waals surface area contributed by atoms with Crippen LogP contribution in [0.25, 0.3) is 0 Å². The summed E-state index contributed by atoms with van der Waals surface area (Å²) in [4.78, 5) is 11.8. The van der Waals surface area contributed by atoms with Crippen LogP contribution in [0.4, 0.5) is 11.6 Å². The molecule has 1 aromatic heterocycles. The van der Waals surface area contributed by atoms with Crippen molar-refractivity contribution in [3.05, 3.63) is 5.56 Å². The monoisotopic (exact) mass is 282 g/mol. The molecule has 2 atom stereocenters. The van der Waals surface area contributed by atoms with E-state index < -0.39 is 12.1 Å². The molecular weight excluding hydrogens is 260 g/mol. The highest BCUT2D eigenvalue weighted by Crippen LogP contribution is 2.32. The zero-order chi connectivity index (χ0) is 14.7. The number of esters is 1. The molecule has 7 heteroatoms. The summed E-state index contributed by atoms with van der Waals surface area (Å²) < 4.78 is 6.30. The Hall–Kier alpha value is -1.76. The van der Waals surface area contributed by atoms with Gasteiger partial charge < -0.3 is 20.9 Å². The lowest BCUT2D eigenvalue weighted by atomic mass is 10.1. The van der Waals surface area contributed by atoms with Crippen molar-refractivity contribution >= 4 is 17.6 Å². The van der Waals surface area contributed by atoms with E-state index >= 15 is 0 Å². The van der Waals surface area contributed by atoms with Crippen LogP contribution in [-0.2, 0) is 4.74 Å². The number of carbonyl (C=O) groups excluding carboxylic acids is 1. The van der Waals surface area contributed by atoms with Gasteiger partial charge >= 0.3 is 5.97 Å². The molecule has 0 saturated heterocycles. The second-order valence-electron chi connectivity index (χ2n) is 5.07. The van der Waals surface area contributed by atoms with E-state index in [1.165, 1.54) is 7.11 Å². The molecule has 1 fully saturated rings. The van der Waals surface area contributed by atoms with Gasteiger partial charge in [-0.2, -0.15) is 5.10 Å². The molecule has 0 radical (unpaired) electrons. The molecule has 0 amide bonds. The Morgan fingerprint density at radius 1 is 1.45 bits per heavy atom. The first kappa shape index (κ1) is 14.6.